The minimum atomic E-state index is -0.749. The quantitative estimate of drug-likeness (QED) is 0.640. The molecule has 0 saturated carbocycles. The van der Waals surface area contributed by atoms with E-state index in [1.54, 1.807) is 39.0 Å². The lowest BCUT2D eigenvalue weighted by molar-refractivity contribution is 0.0635. The molecule has 0 saturated heterocycles. The van der Waals surface area contributed by atoms with E-state index in [9.17, 15) is 14.0 Å². The average molecular weight is 370 g/mol. The Labute approximate surface area is 154 Å². The predicted octanol–water partition coefficient (Wildman–Crippen LogP) is 4.30. The van der Waals surface area contributed by atoms with Crippen LogP contribution in [0.2, 0.25) is 0 Å². The van der Waals surface area contributed by atoms with Gasteiger partial charge in [-0.05, 0) is 57.2 Å². The Kier molecular flexibility index (Phi) is 4.81. The second-order valence-corrected chi connectivity index (χ2v) is 6.91. The maximum absolute atomic E-state index is 13.6. The highest BCUT2D eigenvalue weighted by Crippen LogP contribution is 2.25. The van der Waals surface area contributed by atoms with Crippen molar-refractivity contribution in [3.8, 4) is 0 Å². The van der Waals surface area contributed by atoms with E-state index in [1.807, 2.05) is 0 Å². The Morgan fingerprint density at radius 2 is 1.85 bits per heavy atom. The minimum Gasteiger partial charge on any atom is -0.444 e. The Balaban J connectivity index is 1.81. The number of nitrogens with zero attached hydrogens (tertiary/aromatic N) is 1. The first-order valence-corrected chi connectivity index (χ1v) is 8.25. The number of carbonyl (C=O) groups excluding carboxylic acids is 2. The smallest absolute Gasteiger partial charge is 0.412 e. The van der Waals surface area contributed by atoms with Crippen molar-refractivity contribution in [2.75, 3.05) is 10.6 Å². The molecule has 3 rings (SSSR count). The fourth-order valence-corrected chi connectivity index (χ4v) is 2.41. The number of ether oxygens (including phenoxy) is 1. The fraction of sp³-hybridized carbons (Fsp3) is 0.211. The van der Waals surface area contributed by atoms with Crippen LogP contribution < -0.4 is 10.6 Å². The minimum absolute atomic E-state index is 0.0958. The van der Waals surface area contributed by atoms with Crippen LogP contribution in [0.5, 0.6) is 0 Å². The summed E-state index contributed by atoms with van der Waals surface area (Å²) >= 11 is 0. The van der Waals surface area contributed by atoms with Gasteiger partial charge in [0, 0.05) is 5.56 Å². The lowest BCUT2D eigenvalue weighted by Gasteiger charge is -2.20. The van der Waals surface area contributed by atoms with Crippen molar-refractivity contribution in [2.24, 2.45) is 0 Å². The van der Waals surface area contributed by atoms with Crippen LogP contribution in [0.1, 0.15) is 31.1 Å². The Morgan fingerprint density at radius 1 is 1.07 bits per heavy atom. The van der Waals surface area contributed by atoms with E-state index in [-0.39, 0.29) is 11.4 Å². The Morgan fingerprint density at radius 3 is 2.59 bits per heavy atom. The van der Waals surface area contributed by atoms with Gasteiger partial charge >= 0.3 is 6.09 Å². The number of anilines is 2. The summed E-state index contributed by atoms with van der Waals surface area (Å²) in [6.45, 7) is 5.14. The van der Waals surface area contributed by atoms with Gasteiger partial charge in [-0.2, -0.15) is 0 Å². The third kappa shape index (κ3) is 4.60. The van der Waals surface area contributed by atoms with Crippen LogP contribution in [-0.2, 0) is 4.74 Å². The SMILES string of the molecule is CC(C)(C)OC(=O)Nc1cc(F)ccc1NC(=O)c1ccc2[nH]cnc2c1. The number of rotatable bonds is 3. The molecule has 0 aliphatic heterocycles. The monoisotopic (exact) mass is 370 g/mol. The number of aromatic nitrogens is 2. The lowest BCUT2D eigenvalue weighted by atomic mass is 10.1. The van der Waals surface area contributed by atoms with Crippen molar-refractivity contribution in [3.05, 3.63) is 54.1 Å². The van der Waals surface area contributed by atoms with Gasteiger partial charge in [-0.25, -0.2) is 14.2 Å². The largest absolute Gasteiger partial charge is 0.444 e. The van der Waals surface area contributed by atoms with Crippen LogP contribution in [0.15, 0.2) is 42.7 Å². The molecule has 7 nitrogen and oxygen atoms in total. The first-order valence-electron chi connectivity index (χ1n) is 8.25. The van der Waals surface area contributed by atoms with Crippen LogP contribution in [0.4, 0.5) is 20.6 Å². The summed E-state index contributed by atoms with van der Waals surface area (Å²) in [5.74, 6) is -0.976. The molecule has 3 N–H and O–H groups in total. The van der Waals surface area contributed by atoms with Crippen LogP contribution in [-0.4, -0.2) is 27.6 Å². The molecule has 0 radical (unpaired) electrons. The Hall–Kier alpha value is -3.42. The van der Waals surface area contributed by atoms with Gasteiger partial charge in [-0.3, -0.25) is 10.1 Å². The first-order chi connectivity index (χ1) is 12.7. The number of nitrogens with one attached hydrogen (secondary N) is 3. The number of imidazole rings is 1. The summed E-state index contributed by atoms with van der Waals surface area (Å²) in [7, 11) is 0. The second kappa shape index (κ2) is 7.06. The van der Waals surface area contributed by atoms with Crippen molar-refractivity contribution in [1.82, 2.24) is 9.97 Å². The summed E-state index contributed by atoms with van der Waals surface area (Å²) in [5.41, 5.74) is 1.46. The third-order valence-electron chi connectivity index (χ3n) is 3.55. The molecule has 0 aliphatic carbocycles. The lowest BCUT2D eigenvalue weighted by Crippen LogP contribution is -2.27. The van der Waals surface area contributed by atoms with E-state index < -0.39 is 23.4 Å². The number of hydrogen-bond acceptors (Lipinski definition) is 4. The maximum atomic E-state index is 13.6. The molecule has 3 aromatic rings. The first kappa shape index (κ1) is 18.4. The van der Waals surface area contributed by atoms with E-state index in [0.29, 0.717) is 11.1 Å². The van der Waals surface area contributed by atoms with E-state index in [0.717, 1.165) is 11.6 Å². The molecular formula is C19H19FN4O3. The molecule has 27 heavy (non-hydrogen) atoms. The summed E-state index contributed by atoms with van der Waals surface area (Å²) < 4.78 is 18.8. The normalized spacial score (nSPS) is 11.3. The number of amides is 2. The van der Waals surface area contributed by atoms with Crippen LogP contribution in [0, 0.1) is 5.82 Å². The molecule has 1 aromatic heterocycles. The van der Waals surface area contributed by atoms with Crippen LogP contribution in [0.3, 0.4) is 0 Å². The van der Waals surface area contributed by atoms with Crippen molar-refractivity contribution in [2.45, 2.75) is 26.4 Å². The number of benzene rings is 2. The fourth-order valence-electron chi connectivity index (χ4n) is 2.41. The summed E-state index contributed by atoms with van der Waals surface area (Å²) in [4.78, 5) is 31.6. The second-order valence-electron chi connectivity index (χ2n) is 6.91. The number of fused-ring (bicyclic) bond motifs is 1. The molecule has 0 unspecified atom stereocenters. The maximum Gasteiger partial charge on any atom is 0.412 e. The van der Waals surface area contributed by atoms with Gasteiger partial charge in [-0.15, -0.1) is 0 Å². The van der Waals surface area contributed by atoms with Gasteiger partial charge < -0.3 is 15.0 Å². The summed E-state index contributed by atoms with van der Waals surface area (Å²) in [5, 5.41) is 5.12. The molecule has 0 spiro atoms. The standard InChI is InChI=1S/C19H19FN4O3/c1-19(2,3)27-18(26)24-16-9-12(20)5-7-14(16)23-17(25)11-4-6-13-15(8-11)22-10-21-13/h4-10H,1-3H3,(H,21,22)(H,23,25)(H,24,26). The van der Waals surface area contributed by atoms with Crippen molar-refractivity contribution >= 4 is 34.4 Å². The van der Waals surface area contributed by atoms with Gasteiger partial charge in [0.1, 0.15) is 11.4 Å². The highest BCUT2D eigenvalue weighted by Gasteiger charge is 2.18. The zero-order valence-electron chi connectivity index (χ0n) is 15.1. The van der Waals surface area contributed by atoms with Gasteiger partial charge in [0.05, 0.1) is 28.7 Å². The van der Waals surface area contributed by atoms with E-state index >= 15 is 0 Å². The molecule has 0 atom stereocenters. The summed E-state index contributed by atoms with van der Waals surface area (Å²) in [6.07, 6.45) is 0.788. The number of halogens is 1. The number of H-pyrrole nitrogens is 1. The molecule has 8 heteroatoms. The molecule has 2 aromatic carbocycles. The number of hydrogen-bond donors (Lipinski definition) is 3. The number of carbonyl (C=O) groups is 2. The third-order valence-corrected chi connectivity index (χ3v) is 3.55. The van der Waals surface area contributed by atoms with E-state index in [1.165, 1.54) is 18.5 Å². The van der Waals surface area contributed by atoms with E-state index in [4.69, 9.17) is 4.74 Å². The molecule has 0 bridgehead atoms. The molecule has 1 heterocycles. The molecule has 0 aliphatic rings. The van der Waals surface area contributed by atoms with Crippen LogP contribution >= 0.6 is 0 Å². The molecule has 140 valence electrons. The van der Waals surface area contributed by atoms with Crippen LogP contribution in [0.25, 0.3) is 11.0 Å². The Bertz CT molecular complexity index is 1010. The predicted molar refractivity (Wildman–Crippen MR) is 100 cm³/mol. The highest BCUT2D eigenvalue weighted by atomic mass is 19.1. The van der Waals surface area contributed by atoms with Gasteiger partial charge in [0.2, 0.25) is 0 Å². The van der Waals surface area contributed by atoms with Gasteiger partial charge in [0.15, 0.2) is 0 Å². The van der Waals surface area contributed by atoms with Crippen molar-refractivity contribution in [3.63, 3.8) is 0 Å². The highest BCUT2D eigenvalue weighted by molar-refractivity contribution is 6.08. The van der Waals surface area contributed by atoms with Crippen molar-refractivity contribution < 1.29 is 18.7 Å². The van der Waals surface area contributed by atoms with Crippen molar-refractivity contribution in [1.29, 1.82) is 0 Å². The zero-order valence-corrected chi connectivity index (χ0v) is 15.1. The summed E-state index contributed by atoms with van der Waals surface area (Å²) in [6, 6.07) is 8.67. The molecular weight excluding hydrogens is 351 g/mol. The number of aromatic amines is 1. The average Bonchev–Trinajstić information content (AvgIpc) is 3.03. The van der Waals surface area contributed by atoms with E-state index in [2.05, 4.69) is 20.6 Å². The molecule has 0 fully saturated rings. The molecule has 2 amide bonds. The zero-order chi connectivity index (χ0) is 19.6. The van der Waals surface area contributed by atoms with Gasteiger partial charge in [0.25, 0.3) is 5.91 Å². The topological polar surface area (TPSA) is 96.1 Å². The van der Waals surface area contributed by atoms with Gasteiger partial charge in [-0.1, -0.05) is 0 Å².